The maximum atomic E-state index is 13.5. The molecule has 0 N–H and O–H groups in total. The second-order valence-electron chi connectivity index (χ2n) is 4.19. The van der Waals surface area contributed by atoms with Crippen LogP contribution in [0.15, 0.2) is 18.2 Å². The highest BCUT2D eigenvalue weighted by Crippen LogP contribution is 2.26. The van der Waals surface area contributed by atoms with Crippen molar-refractivity contribution < 1.29 is 4.39 Å². The van der Waals surface area contributed by atoms with E-state index < -0.39 is 0 Å². The van der Waals surface area contributed by atoms with Crippen LogP contribution in [0.25, 0.3) is 0 Å². The zero-order chi connectivity index (χ0) is 9.35. The molecule has 0 radical (unpaired) electrons. The second kappa shape index (κ2) is 2.89. The minimum atomic E-state index is -0.101. The first kappa shape index (κ1) is 9.24. The van der Waals surface area contributed by atoms with Crippen molar-refractivity contribution in [2.75, 3.05) is 0 Å². The number of halogens is 1. The number of hydrogen-bond acceptors (Lipinski definition) is 0. The summed E-state index contributed by atoms with van der Waals surface area (Å²) < 4.78 is 13.5. The molecule has 0 fully saturated rings. The maximum Gasteiger partial charge on any atom is 0.129 e. The first-order chi connectivity index (χ1) is 5.43. The summed E-state index contributed by atoms with van der Waals surface area (Å²) in [6.45, 7) is 7.85. The first-order valence-corrected chi connectivity index (χ1v) is 4.18. The van der Waals surface area contributed by atoms with Gasteiger partial charge in [0.25, 0.3) is 0 Å². The Morgan fingerprint density at radius 3 is 2.17 bits per heavy atom. The van der Waals surface area contributed by atoms with Gasteiger partial charge in [-0.25, -0.2) is 4.39 Å². The minimum absolute atomic E-state index is 0.0648. The first-order valence-electron chi connectivity index (χ1n) is 4.18. The third-order valence-corrected chi connectivity index (χ3v) is 2.00. The van der Waals surface area contributed by atoms with Crippen molar-refractivity contribution in [3.8, 4) is 0 Å². The van der Waals surface area contributed by atoms with Gasteiger partial charge in [0.2, 0.25) is 0 Å². The van der Waals surface area contributed by atoms with Gasteiger partial charge in [-0.05, 0) is 23.5 Å². The van der Waals surface area contributed by atoms with E-state index >= 15 is 0 Å². The van der Waals surface area contributed by atoms with Crippen LogP contribution in [0.1, 0.15) is 31.9 Å². The van der Waals surface area contributed by atoms with E-state index in [4.69, 9.17) is 0 Å². The van der Waals surface area contributed by atoms with Crippen molar-refractivity contribution in [1.29, 1.82) is 0 Å². The molecule has 0 aliphatic carbocycles. The fourth-order valence-electron chi connectivity index (χ4n) is 1.23. The van der Waals surface area contributed by atoms with Crippen LogP contribution in [0.4, 0.5) is 4.39 Å². The average Bonchev–Trinajstić information content (AvgIpc) is 1.92. The van der Waals surface area contributed by atoms with Gasteiger partial charge in [0, 0.05) is 0 Å². The van der Waals surface area contributed by atoms with Crippen molar-refractivity contribution in [3.05, 3.63) is 35.1 Å². The normalized spacial score (nSPS) is 11.8. The summed E-state index contributed by atoms with van der Waals surface area (Å²) in [4.78, 5) is 0. The third-order valence-electron chi connectivity index (χ3n) is 2.00. The van der Waals surface area contributed by atoms with Crippen molar-refractivity contribution in [2.45, 2.75) is 33.1 Å². The van der Waals surface area contributed by atoms with Gasteiger partial charge in [0.15, 0.2) is 0 Å². The largest absolute Gasteiger partial charge is 0.206 e. The number of rotatable bonds is 0. The average molecular weight is 166 g/mol. The Bertz CT molecular complexity index is 282. The van der Waals surface area contributed by atoms with Crippen molar-refractivity contribution in [3.63, 3.8) is 0 Å². The number of benzene rings is 1. The molecule has 1 heteroatoms. The van der Waals surface area contributed by atoms with Crippen LogP contribution in [0.2, 0.25) is 0 Å². The molecule has 0 spiro atoms. The molecule has 0 saturated carbocycles. The molecular weight excluding hydrogens is 151 g/mol. The lowest BCUT2D eigenvalue weighted by Gasteiger charge is -2.20. The van der Waals surface area contributed by atoms with E-state index in [-0.39, 0.29) is 11.2 Å². The van der Waals surface area contributed by atoms with Crippen molar-refractivity contribution in [2.24, 2.45) is 0 Å². The van der Waals surface area contributed by atoms with Crippen LogP contribution >= 0.6 is 0 Å². The lowest BCUT2D eigenvalue weighted by Crippen LogP contribution is -2.13. The summed E-state index contributed by atoms with van der Waals surface area (Å²) in [7, 11) is 0. The predicted octanol–water partition coefficient (Wildman–Crippen LogP) is 3.43. The smallest absolute Gasteiger partial charge is 0.129 e. The molecule has 0 nitrogen and oxygen atoms in total. The standard InChI is InChI=1S/C11H15F/c1-8-6-5-7-9(10(8)12)11(2,3)4/h5-7H,1-4H3. The maximum absolute atomic E-state index is 13.5. The molecule has 12 heavy (non-hydrogen) atoms. The molecule has 0 bridgehead atoms. The Kier molecular flexibility index (Phi) is 2.22. The van der Waals surface area contributed by atoms with Gasteiger partial charge in [0.1, 0.15) is 5.82 Å². The molecule has 0 saturated heterocycles. The summed E-state index contributed by atoms with van der Waals surface area (Å²) in [5.41, 5.74) is 1.42. The van der Waals surface area contributed by atoms with Gasteiger partial charge in [-0.15, -0.1) is 0 Å². The van der Waals surface area contributed by atoms with Gasteiger partial charge in [0.05, 0.1) is 0 Å². The van der Waals surface area contributed by atoms with Gasteiger partial charge >= 0.3 is 0 Å². The summed E-state index contributed by atoms with van der Waals surface area (Å²) in [6.07, 6.45) is 0. The Labute approximate surface area is 73.4 Å². The summed E-state index contributed by atoms with van der Waals surface area (Å²) in [5.74, 6) is -0.0648. The fourth-order valence-corrected chi connectivity index (χ4v) is 1.23. The Balaban J connectivity index is 3.26. The minimum Gasteiger partial charge on any atom is -0.206 e. The highest BCUT2D eigenvalue weighted by molar-refractivity contribution is 5.29. The van der Waals surface area contributed by atoms with Crippen LogP contribution in [-0.2, 0) is 5.41 Å². The lowest BCUT2D eigenvalue weighted by molar-refractivity contribution is 0.518. The fraction of sp³-hybridized carbons (Fsp3) is 0.455. The number of aryl methyl sites for hydroxylation is 1. The highest BCUT2D eigenvalue weighted by atomic mass is 19.1. The predicted molar refractivity (Wildman–Crippen MR) is 49.8 cm³/mol. The molecule has 0 aromatic heterocycles. The molecule has 1 aromatic carbocycles. The van der Waals surface area contributed by atoms with Crippen LogP contribution in [0.3, 0.4) is 0 Å². The zero-order valence-electron chi connectivity index (χ0n) is 8.11. The molecule has 0 aliphatic heterocycles. The van der Waals surface area contributed by atoms with E-state index in [1.807, 2.05) is 32.9 Å². The van der Waals surface area contributed by atoms with Gasteiger partial charge < -0.3 is 0 Å². The Morgan fingerprint density at radius 1 is 1.17 bits per heavy atom. The van der Waals surface area contributed by atoms with E-state index in [0.29, 0.717) is 0 Å². The molecule has 0 amide bonds. The lowest BCUT2D eigenvalue weighted by atomic mass is 9.86. The van der Waals surface area contributed by atoms with E-state index in [2.05, 4.69) is 0 Å². The van der Waals surface area contributed by atoms with E-state index in [0.717, 1.165) is 11.1 Å². The van der Waals surface area contributed by atoms with E-state index in [9.17, 15) is 4.39 Å². The SMILES string of the molecule is Cc1cccc(C(C)(C)C)c1F. The molecule has 1 rings (SSSR count). The molecule has 0 aliphatic rings. The molecule has 1 aromatic rings. The molecule has 66 valence electrons. The monoisotopic (exact) mass is 166 g/mol. The molecular formula is C11H15F. The van der Waals surface area contributed by atoms with Crippen LogP contribution in [0, 0.1) is 12.7 Å². The quantitative estimate of drug-likeness (QED) is 0.554. The second-order valence-corrected chi connectivity index (χ2v) is 4.19. The summed E-state index contributed by atoms with van der Waals surface area (Å²) >= 11 is 0. The number of hydrogen-bond donors (Lipinski definition) is 0. The molecule has 0 heterocycles. The third kappa shape index (κ3) is 1.66. The van der Waals surface area contributed by atoms with Gasteiger partial charge in [-0.3, -0.25) is 0 Å². The zero-order valence-corrected chi connectivity index (χ0v) is 8.11. The Morgan fingerprint density at radius 2 is 1.75 bits per heavy atom. The summed E-state index contributed by atoms with van der Waals surface area (Å²) in [6, 6.07) is 5.55. The topological polar surface area (TPSA) is 0 Å². The highest BCUT2D eigenvalue weighted by Gasteiger charge is 2.18. The molecule has 0 unspecified atom stereocenters. The van der Waals surface area contributed by atoms with Crippen molar-refractivity contribution >= 4 is 0 Å². The van der Waals surface area contributed by atoms with Crippen LogP contribution < -0.4 is 0 Å². The van der Waals surface area contributed by atoms with Crippen molar-refractivity contribution in [1.82, 2.24) is 0 Å². The van der Waals surface area contributed by atoms with Crippen LogP contribution in [0.5, 0.6) is 0 Å². The van der Waals surface area contributed by atoms with E-state index in [1.54, 1.807) is 13.0 Å². The summed E-state index contributed by atoms with van der Waals surface area (Å²) in [5, 5.41) is 0. The van der Waals surface area contributed by atoms with E-state index in [1.165, 1.54) is 0 Å². The Hall–Kier alpha value is -0.850. The van der Waals surface area contributed by atoms with Gasteiger partial charge in [-0.1, -0.05) is 39.0 Å². The van der Waals surface area contributed by atoms with Gasteiger partial charge in [-0.2, -0.15) is 0 Å². The van der Waals surface area contributed by atoms with Crippen LogP contribution in [-0.4, -0.2) is 0 Å². The molecule has 0 atom stereocenters.